The first-order chi connectivity index (χ1) is 6.46. The first-order valence-corrected chi connectivity index (χ1v) is 5.42. The van der Waals surface area contributed by atoms with E-state index in [0.717, 1.165) is 0 Å². The van der Waals surface area contributed by atoms with Gasteiger partial charge < -0.3 is 15.7 Å². The number of carboxylic acid groups (broad SMARTS) is 1. The Hall–Kier alpha value is -0.460. The molecule has 5 nitrogen and oxygen atoms in total. The molecule has 7 heteroatoms. The summed E-state index contributed by atoms with van der Waals surface area (Å²) < 4.78 is 0. The van der Waals surface area contributed by atoms with Gasteiger partial charge in [-0.3, -0.25) is 9.59 Å². The Morgan fingerprint density at radius 3 is 2.87 bits per heavy atom. The number of nitrogens with two attached hydrogens (primary N) is 1. The molecule has 2 rings (SSSR count). The van der Waals surface area contributed by atoms with Crippen LogP contribution in [0.2, 0.25) is 0 Å². The number of aliphatic carboxylic acids is 1. The second-order valence-corrected chi connectivity index (χ2v) is 5.16. The van der Waals surface area contributed by atoms with E-state index in [-0.39, 0.29) is 30.2 Å². The highest BCUT2D eigenvalue weighted by Gasteiger charge is 2.53. The minimum Gasteiger partial charge on any atom is -0.481 e. The third-order valence-electron chi connectivity index (χ3n) is 2.79. The van der Waals surface area contributed by atoms with E-state index in [0.29, 0.717) is 5.75 Å². The van der Waals surface area contributed by atoms with Crippen LogP contribution in [0.3, 0.4) is 0 Å². The van der Waals surface area contributed by atoms with Gasteiger partial charge in [0.15, 0.2) is 0 Å². The second kappa shape index (κ2) is 3.84. The van der Waals surface area contributed by atoms with E-state index in [4.69, 9.17) is 10.8 Å². The summed E-state index contributed by atoms with van der Waals surface area (Å²) in [5.41, 5.74) is 4.76. The van der Waals surface area contributed by atoms with Crippen LogP contribution >= 0.6 is 24.2 Å². The van der Waals surface area contributed by atoms with E-state index >= 15 is 0 Å². The van der Waals surface area contributed by atoms with Gasteiger partial charge in [-0.25, -0.2) is 0 Å². The van der Waals surface area contributed by atoms with Gasteiger partial charge in [-0.2, -0.15) is 0 Å². The fraction of sp³-hybridized carbons (Fsp3) is 0.750. The van der Waals surface area contributed by atoms with Crippen LogP contribution in [0.15, 0.2) is 0 Å². The number of hydrogen-bond donors (Lipinski definition) is 2. The summed E-state index contributed by atoms with van der Waals surface area (Å²) in [6.07, 6.45) is 0. The first kappa shape index (κ1) is 12.6. The summed E-state index contributed by atoms with van der Waals surface area (Å²) >= 11 is 1.46. The van der Waals surface area contributed by atoms with Gasteiger partial charge in [0.2, 0.25) is 5.91 Å². The van der Waals surface area contributed by atoms with Crippen molar-refractivity contribution in [1.29, 1.82) is 0 Å². The minimum atomic E-state index is -0.850. The van der Waals surface area contributed by atoms with E-state index in [2.05, 4.69) is 0 Å². The van der Waals surface area contributed by atoms with Crippen molar-refractivity contribution >= 4 is 36.0 Å². The molecule has 2 saturated heterocycles. The monoisotopic (exact) mass is 252 g/mol. The number of carbonyl (C=O) groups excluding carboxylic acids is 1. The SMILES string of the molecule is CC1(C(=O)O)CS[C@@H]2C(N)C(=O)N2C1.Cl. The highest BCUT2D eigenvalue weighted by Crippen LogP contribution is 2.40. The zero-order valence-corrected chi connectivity index (χ0v) is 9.81. The smallest absolute Gasteiger partial charge is 0.312 e. The molecule has 2 unspecified atom stereocenters. The largest absolute Gasteiger partial charge is 0.481 e. The molecule has 0 aromatic rings. The van der Waals surface area contributed by atoms with Crippen LogP contribution in [0.4, 0.5) is 0 Å². The number of halogens is 1. The van der Waals surface area contributed by atoms with Crippen molar-refractivity contribution < 1.29 is 14.7 Å². The highest BCUT2D eigenvalue weighted by atomic mass is 35.5. The Morgan fingerprint density at radius 2 is 2.33 bits per heavy atom. The van der Waals surface area contributed by atoms with Crippen LogP contribution in [-0.4, -0.2) is 45.6 Å². The van der Waals surface area contributed by atoms with Gasteiger partial charge in [0.1, 0.15) is 11.4 Å². The van der Waals surface area contributed by atoms with Crippen molar-refractivity contribution in [3.05, 3.63) is 0 Å². The number of amides is 1. The third-order valence-corrected chi connectivity index (χ3v) is 4.48. The van der Waals surface area contributed by atoms with Crippen molar-refractivity contribution in [3.63, 3.8) is 0 Å². The summed E-state index contributed by atoms with van der Waals surface area (Å²) in [7, 11) is 0. The molecular formula is C8H13ClN2O3S. The molecule has 15 heavy (non-hydrogen) atoms. The van der Waals surface area contributed by atoms with E-state index in [1.807, 2.05) is 0 Å². The van der Waals surface area contributed by atoms with E-state index < -0.39 is 17.4 Å². The van der Waals surface area contributed by atoms with Crippen LogP contribution in [-0.2, 0) is 9.59 Å². The van der Waals surface area contributed by atoms with Crippen molar-refractivity contribution in [2.75, 3.05) is 12.3 Å². The molecule has 0 spiro atoms. The molecule has 0 aliphatic carbocycles. The lowest BCUT2D eigenvalue weighted by molar-refractivity contribution is -0.155. The van der Waals surface area contributed by atoms with E-state index in [1.165, 1.54) is 11.8 Å². The van der Waals surface area contributed by atoms with Crippen molar-refractivity contribution in [3.8, 4) is 0 Å². The molecule has 0 radical (unpaired) electrons. The van der Waals surface area contributed by atoms with E-state index in [9.17, 15) is 9.59 Å². The van der Waals surface area contributed by atoms with Gasteiger partial charge >= 0.3 is 5.97 Å². The lowest BCUT2D eigenvalue weighted by atomic mass is 9.90. The predicted octanol–water partition coefficient (Wildman–Crippen LogP) is -0.259. The van der Waals surface area contributed by atoms with Crippen LogP contribution in [0.25, 0.3) is 0 Å². The number of rotatable bonds is 1. The molecule has 3 atom stereocenters. The zero-order chi connectivity index (χ0) is 10.5. The zero-order valence-electron chi connectivity index (χ0n) is 8.17. The first-order valence-electron chi connectivity index (χ1n) is 4.37. The number of β-lactam (4-membered cyclic amide) rings is 1. The Kier molecular flexibility index (Phi) is 3.23. The minimum absolute atomic E-state index is 0. The molecular weight excluding hydrogens is 240 g/mol. The number of nitrogens with zero attached hydrogens (tertiary/aromatic N) is 1. The maximum absolute atomic E-state index is 11.3. The number of carbonyl (C=O) groups is 2. The molecule has 2 aliphatic heterocycles. The number of hydrogen-bond acceptors (Lipinski definition) is 4. The Morgan fingerprint density at radius 1 is 1.73 bits per heavy atom. The summed E-state index contributed by atoms with van der Waals surface area (Å²) in [5.74, 6) is -0.462. The predicted molar refractivity (Wildman–Crippen MR) is 58.9 cm³/mol. The molecule has 0 aromatic carbocycles. The summed E-state index contributed by atoms with van der Waals surface area (Å²) in [5, 5.41) is 8.99. The van der Waals surface area contributed by atoms with Crippen LogP contribution in [0.5, 0.6) is 0 Å². The van der Waals surface area contributed by atoms with Gasteiger partial charge in [0, 0.05) is 12.3 Å². The Bertz CT molecular complexity index is 314. The standard InChI is InChI=1S/C8H12N2O3S.ClH/c1-8(7(12)13)2-10-5(11)4(9)6(10)14-3-8;/h4,6H,2-3,9H2,1H3,(H,12,13);1H/t4?,6-,8?;/m1./s1. The topological polar surface area (TPSA) is 83.6 Å². The lowest BCUT2D eigenvalue weighted by Gasteiger charge is -2.51. The van der Waals surface area contributed by atoms with Crippen molar-refractivity contribution in [2.24, 2.45) is 11.1 Å². The van der Waals surface area contributed by atoms with Crippen LogP contribution in [0, 0.1) is 5.41 Å². The second-order valence-electron chi connectivity index (χ2n) is 4.06. The van der Waals surface area contributed by atoms with Crippen LogP contribution in [0.1, 0.15) is 6.92 Å². The molecule has 1 amide bonds. The van der Waals surface area contributed by atoms with Crippen molar-refractivity contribution in [2.45, 2.75) is 18.3 Å². The maximum Gasteiger partial charge on any atom is 0.312 e. The van der Waals surface area contributed by atoms with E-state index in [1.54, 1.807) is 11.8 Å². The van der Waals surface area contributed by atoms with Gasteiger partial charge in [-0.15, -0.1) is 24.2 Å². The van der Waals surface area contributed by atoms with Gasteiger partial charge in [-0.1, -0.05) is 0 Å². The quantitative estimate of drug-likeness (QED) is 0.629. The molecule has 0 bridgehead atoms. The molecule has 2 aliphatic rings. The lowest BCUT2D eigenvalue weighted by Crippen LogP contribution is -2.71. The molecule has 0 aromatic heterocycles. The third kappa shape index (κ3) is 1.70. The molecule has 2 fully saturated rings. The highest BCUT2D eigenvalue weighted by molar-refractivity contribution is 8.00. The molecule has 2 heterocycles. The fourth-order valence-corrected chi connectivity index (χ4v) is 3.17. The van der Waals surface area contributed by atoms with Crippen molar-refractivity contribution in [1.82, 2.24) is 4.90 Å². The molecule has 3 N–H and O–H groups in total. The average molecular weight is 253 g/mol. The molecule has 86 valence electrons. The Balaban J connectivity index is 0.00000112. The summed E-state index contributed by atoms with van der Waals surface area (Å²) in [6, 6.07) is -0.432. The average Bonchev–Trinajstić information content (AvgIpc) is 2.16. The van der Waals surface area contributed by atoms with Gasteiger partial charge in [-0.05, 0) is 6.92 Å². The van der Waals surface area contributed by atoms with Crippen LogP contribution < -0.4 is 5.73 Å². The number of carboxylic acids is 1. The molecule has 0 saturated carbocycles. The fourth-order valence-electron chi connectivity index (χ4n) is 1.73. The number of thioether (sulfide) groups is 1. The van der Waals surface area contributed by atoms with Gasteiger partial charge in [0.05, 0.1) is 5.41 Å². The van der Waals surface area contributed by atoms with Gasteiger partial charge in [0.25, 0.3) is 0 Å². The summed E-state index contributed by atoms with van der Waals surface area (Å²) in [6.45, 7) is 1.95. The number of fused-ring (bicyclic) bond motifs is 1. The summed E-state index contributed by atoms with van der Waals surface area (Å²) in [4.78, 5) is 23.8. The normalized spacial score (nSPS) is 38.8. The Labute approximate surface area is 97.8 Å². The maximum atomic E-state index is 11.3.